The molecular formula is C25H24N2O6. The fraction of sp³-hybridized carbons (Fsp3) is 0.160. The average molecular weight is 448 g/mol. The minimum absolute atomic E-state index is 0.288. The summed E-state index contributed by atoms with van der Waals surface area (Å²) >= 11 is 0. The van der Waals surface area contributed by atoms with Crippen LogP contribution < -0.4 is 20.1 Å². The van der Waals surface area contributed by atoms with Gasteiger partial charge in [0.2, 0.25) is 0 Å². The van der Waals surface area contributed by atoms with Gasteiger partial charge < -0.3 is 24.8 Å². The molecule has 8 heteroatoms. The van der Waals surface area contributed by atoms with E-state index in [1.54, 1.807) is 48.5 Å². The lowest BCUT2D eigenvalue weighted by Crippen LogP contribution is -2.32. The van der Waals surface area contributed by atoms with Gasteiger partial charge in [-0.2, -0.15) is 0 Å². The van der Waals surface area contributed by atoms with E-state index in [4.69, 9.17) is 14.2 Å². The molecule has 0 atom stereocenters. The molecule has 0 aliphatic carbocycles. The van der Waals surface area contributed by atoms with Crippen LogP contribution in [0.15, 0.2) is 72.8 Å². The molecule has 0 aromatic heterocycles. The number of ether oxygens (including phenoxy) is 3. The fourth-order valence-electron chi connectivity index (χ4n) is 2.86. The van der Waals surface area contributed by atoms with E-state index in [2.05, 4.69) is 10.6 Å². The normalized spacial score (nSPS) is 10.1. The number of methoxy groups -OCH3 is 1. The van der Waals surface area contributed by atoms with Crippen LogP contribution in [0.2, 0.25) is 0 Å². The number of hydrogen-bond acceptors (Lipinski definition) is 6. The van der Waals surface area contributed by atoms with Crippen LogP contribution in [-0.4, -0.2) is 38.0 Å². The minimum atomic E-state index is -0.752. The number of amides is 2. The van der Waals surface area contributed by atoms with E-state index in [1.165, 1.54) is 7.11 Å². The Morgan fingerprint density at radius 3 is 2.24 bits per heavy atom. The lowest BCUT2D eigenvalue weighted by Gasteiger charge is -2.13. The monoisotopic (exact) mass is 448 g/mol. The first-order valence-electron chi connectivity index (χ1n) is 10.2. The Morgan fingerprint density at radius 2 is 1.52 bits per heavy atom. The van der Waals surface area contributed by atoms with Crippen molar-refractivity contribution >= 4 is 23.5 Å². The molecule has 3 aromatic rings. The maximum Gasteiger partial charge on any atom is 0.325 e. The number of rotatable bonds is 9. The molecule has 0 aliphatic rings. The number of carbonyl (C=O) groups excluding carboxylic acids is 3. The molecule has 0 aliphatic heterocycles. The molecule has 0 heterocycles. The predicted molar refractivity (Wildman–Crippen MR) is 123 cm³/mol. The van der Waals surface area contributed by atoms with Gasteiger partial charge in [-0.1, -0.05) is 42.0 Å². The third-order valence-corrected chi connectivity index (χ3v) is 4.52. The zero-order chi connectivity index (χ0) is 23.6. The molecule has 3 aromatic carbocycles. The predicted octanol–water partition coefficient (Wildman–Crippen LogP) is 3.71. The minimum Gasteiger partial charge on any atom is -0.496 e. The average Bonchev–Trinajstić information content (AvgIpc) is 2.83. The Balaban J connectivity index is 1.49. The van der Waals surface area contributed by atoms with Crippen LogP contribution >= 0.6 is 0 Å². The lowest BCUT2D eigenvalue weighted by atomic mass is 10.2. The van der Waals surface area contributed by atoms with Gasteiger partial charge in [-0.15, -0.1) is 0 Å². The maximum atomic E-state index is 12.3. The molecule has 0 spiro atoms. The molecule has 170 valence electrons. The first-order valence-corrected chi connectivity index (χ1v) is 10.2. The number of benzene rings is 3. The van der Waals surface area contributed by atoms with Crippen LogP contribution in [0.4, 0.5) is 5.69 Å². The largest absolute Gasteiger partial charge is 0.496 e. The molecule has 0 radical (unpaired) electrons. The van der Waals surface area contributed by atoms with Gasteiger partial charge >= 0.3 is 5.97 Å². The number of carbonyl (C=O) groups is 3. The van der Waals surface area contributed by atoms with Crippen LogP contribution in [0.5, 0.6) is 17.2 Å². The van der Waals surface area contributed by atoms with Crippen molar-refractivity contribution in [3.63, 3.8) is 0 Å². The van der Waals surface area contributed by atoms with Crippen molar-refractivity contribution in [3.05, 3.63) is 83.9 Å². The van der Waals surface area contributed by atoms with E-state index < -0.39 is 30.9 Å². The molecule has 33 heavy (non-hydrogen) atoms. The lowest BCUT2D eigenvalue weighted by molar-refractivity contribution is -0.146. The van der Waals surface area contributed by atoms with Crippen LogP contribution in [0.3, 0.4) is 0 Å². The van der Waals surface area contributed by atoms with Crippen LogP contribution in [-0.2, 0) is 14.3 Å². The quantitative estimate of drug-likeness (QED) is 0.484. The summed E-state index contributed by atoms with van der Waals surface area (Å²) in [5.74, 6) is -0.327. The van der Waals surface area contributed by atoms with E-state index in [9.17, 15) is 14.4 Å². The van der Waals surface area contributed by atoms with Gasteiger partial charge in [0.25, 0.3) is 11.8 Å². The highest BCUT2D eigenvalue weighted by atomic mass is 16.5. The van der Waals surface area contributed by atoms with Crippen molar-refractivity contribution in [3.8, 4) is 17.2 Å². The summed E-state index contributed by atoms with van der Waals surface area (Å²) in [5.41, 5.74) is 1.82. The topological polar surface area (TPSA) is 103 Å². The summed E-state index contributed by atoms with van der Waals surface area (Å²) in [5, 5.41) is 5.10. The summed E-state index contributed by atoms with van der Waals surface area (Å²) in [6, 6.07) is 21.0. The highest BCUT2D eigenvalue weighted by molar-refractivity contribution is 5.98. The number of para-hydroxylation sites is 3. The molecule has 3 rings (SSSR count). The number of aryl methyl sites for hydroxylation is 1. The molecule has 0 unspecified atom stereocenters. The van der Waals surface area contributed by atoms with E-state index in [-0.39, 0.29) is 5.56 Å². The van der Waals surface area contributed by atoms with Crippen molar-refractivity contribution in [2.45, 2.75) is 6.92 Å². The van der Waals surface area contributed by atoms with Crippen LogP contribution in [0.1, 0.15) is 15.9 Å². The van der Waals surface area contributed by atoms with E-state index >= 15 is 0 Å². The van der Waals surface area contributed by atoms with Crippen molar-refractivity contribution in [1.29, 1.82) is 0 Å². The molecular weight excluding hydrogens is 424 g/mol. The van der Waals surface area contributed by atoms with Gasteiger partial charge in [-0.3, -0.25) is 14.4 Å². The second-order valence-corrected chi connectivity index (χ2v) is 7.00. The summed E-state index contributed by atoms with van der Waals surface area (Å²) in [4.78, 5) is 36.4. The number of anilines is 1. The van der Waals surface area contributed by atoms with Crippen molar-refractivity contribution in [2.24, 2.45) is 0 Å². The molecule has 0 saturated carbocycles. The van der Waals surface area contributed by atoms with Crippen molar-refractivity contribution in [2.75, 3.05) is 25.6 Å². The van der Waals surface area contributed by atoms with Gasteiger partial charge in [0.1, 0.15) is 18.0 Å². The highest BCUT2D eigenvalue weighted by Crippen LogP contribution is 2.29. The first-order chi connectivity index (χ1) is 16.0. The summed E-state index contributed by atoms with van der Waals surface area (Å²) in [7, 11) is 1.45. The zero-order valence-electron chi connectivity index (χ0n) is 18.3. The Bertz CT molecular complexity index is 1130. The summed E-state index contributed by atoms with van der Waals surface area (Å²) < 4.78 is 15.9. The summed E-state index contributed by atoms with van der Waals surface area (Å²) in [6.07, 6.45) is 0. The Labute approximate surface area is 191 Å². The van der Waals surface area contributed by atoms with Crippen LogP contribution in [0, 0.1) is 6.92 Å². The zero-order valence-corrected chi connectivity index (χ0v) is 18.3. The highest BCUT2D eigenvalue weighted by Gasteiger charge is 2.15. The molecule has 0 fully saturated rings. The third-order valence-electron chi connectivity index (χ3n) is 4.52. The smallest absolute Gasteiger partial charge is 0.325 e. The molecule has 2 amide bonds. The second-order valence-electron chi connectivity index (χ2n) is 7.00. The van der Waals surface area contributed by atoms with Crippen LogP contribution in [0.25, 0.3) is 0 Å². The molecule has 8 nitrogen and oxygen atoms in total. The van der Waals surface area contributed by atoms with Gasteiger partial charge in [0, 0.05) is 0 Å². The maximum absolute atomic E-state index is 12.3. The molecule has 2 N–H and O–H groups in total. The fourth-order valence-corrected chi connectivity index (χ4v) is 2.86. The number of nitrogens with one attached hydrogen (secondary N) is 2. The van der Waals surface area contributed by atoms with Crippen molar-refractivity contribution < 1.29 is 28.6 Å². The Kier molecular flexibility index (Phi) is 8.02. The first kappa shape index (κ1) is 23.3. The number of hydrogen-bond donors (Lipinski definition) is 2. The van der Waals surface area contributed by atoms with E-state index in [0.29, 0.717) is 22.9 Å². The summed E-state index contributed by atoms with van der Waals surface area (Å²) in [6.45, 7) is 1.07. The van der Waals surface area contributed by atoms with Gasteiger partial charge in [-0.05, 0) is 43.3 Å². The molecule has 0 saturated heterocycles. The van der Waals surface area contributed by atoms with Crippen molar-refractivity contribution in [1.82, 2.24) is 5.32 Å². The Morgan fingerprint density at radius 1 is 0.848 bits per heavy atom. The second kappa shape index (κ2) is 11.3. The van der Waals surface area contributed by atoms with Gasteiger partial charge in [-0.25, -0.2) is 0 Å². The van der Waals surface area contributed by atoms with Gasteiger partial charge in [0.15, 0.2) is 12.4 Å². The standard InChI is InChI=1S/C25H24N2O6/c1-17-11-13-18(14-12-17)33-22-10-6-4-8-20(22)27-23(28)16-32-24(29)15-26-25(30)19-7-3-5-9-21(19)31-2/h3-14H,15-16H2,1-2H3,(H,26,30)(H,27,28). The Hall–Kier alpha value is -4.33. The SMILES string of the molecule is COc1ccccc1C(=O)NCC(=O)OCC(=O)Nc1ccccc1Oc1ccc(C)cc1. The van der Waals surface area contributed by atoms with E-state index in [1.807, 2.05) is 31.2 Å². The number of esters is 1. The molecule has 0 bridgehead atoms. The van der Waals surface area contributed by atoms with E-state index in [0.717, 1.165) is 5.56 Å². The van der Waals surface area contributed by atoms with Gasteiger partial charge in [0.05, 0.1) is 18.4 Å². The third kappa shape index (κ3) is 6.83.